The van der Waals surface area contributed by atoms with E-state index in [0.717, 1.165) is 65.2 Å². The van der Waals surface area contributed by atoms with Gasteiger partial charge in [0.2, 0.25) is 11.8 Å². The number of allylic oxidation sites excluding steroid dienone is 2. The van der Waals surface area contributed by atoms with Crippen LogP contribution in [0, 0.1) is 0 Å². The first-order chi connectivity index (χ1) is 22.6. The summed E-state index contributed by atoms with van der Waals surface area (Å²) in [4.78, 5) is 33.0. The molecule has 6 nitrogen and oxygen atoms in total. The fourth-order valence-electron chi connectivity index (χ4n) is 5.96. The van der Waals surface area contributed by atoms with Crippen LogP contribution in [0.1, 0.15) is 90.9 Å². The third-order valence-electron chi connectivity index (χ3n) is 8.89. The third-order valence-corrected chi connectivity index (χ3v) is 8.89. The van der Waals surface area contributed by atoms with Gasteiger partial charge in [0.05, 0.1) is 0 Å². The first-order valence-electron chi connectivity index (χ1n) is 18.1. The van der Waals surface area contributed by atoms with Crippen LogP contribution in [0.5, 0.6) is 0 Å². The van der Waals surface area contributed by atoms with Gasteiger partial charge in [0.15, 0.2) is 0 Å². The summed E-state index contributed by atoms with van der Waals surface area (Å²) in [5.74, 6) is 0.345. The van der Waals surface area contributed by atoms with Gasteiger partial charge in [-0.05, 0) is 62.1 Å². The van der Waals surface area contributed by atoms with Crippen molar-refractivity contribution in [2.24, 2.45) is 0 Å². The summed E-state index contributed by atoms with van der Waals surface area (Å²) in [5.41, 5.74) is 2.50. The molecule has 2 aliphatic heterocycles. The number of para-hydroxylation sites is 2. The third kappa shape index (κ3) is 14.3. The van der Waals surface area contributed by atoms with Crippen LogP contribution < -0.4 is 9.80 Å². The lowest BCUT2D eigenvalue weighted by Crippen LogP contribution is -2.48. The number of piperazine rings is 2. The topological polar surface area (TPSA) is 47.1 Å². The molecule has 0 aliphatic carbocycles. The van der Waals surface area contributed by atoms with Crippen LogP contribution in [0.4, 0.5) is 11.4 Å². The summed E-state index contributed by atoms with van der Waals surface area (Å²) in [6, 6.07) is 20.9. The van der Waals surface area contributed by atoms with Crippen molar-refractivity contribution in [3.8, 4) is 0 Å². The molecule has 4 rings (SSSR count). The van der Waals surface area contributed by atoms with Crippen LogP contribution in [0.2, 0.25) is 0 Å². The molecule has 6 heteroatoms. The first kappa shape index (κ1) is 36.9. The molecule has 2 aliphatic rings. The van der Waals surface area contributed by atoms with E-state index >= 15 is 0 Å². The summed E-state index contributed by atoms with van der Waals surface area (Å²) in [7, 11) is 0. The van der Waals surface area contributed by atoms with Gasteiger partial charge < -0.3 is 19.6 Å². The molecule has 2 aromatic rings. The Labute approximate surface area is 280 Å². The molecular weight excluding hydrogens is 568 g/mol. The van der Waals surface area contributed by atoms with Crippen LogP contribution in [-0.2, 0) is 9.59 Å². The van der Waals surface area contributed by atoms with Crippen molar-refractivity contribution in [1.29, 1.82) is 0 Å². The van der Waals surface area contributed by atoms with Gasteiger partial charge in [-0.3, -0.25) is 9.59 Å². The van der Waals surface area contributed by atoms with Gasteiger partial charge in [0.1, 0.15) is 0 Å². The van der Waals surface area contributed by atoms with Gasteiger partial charge in [-0.2, -0.15) is 0 Å². The van der Waals surface area contributed by atoms with Crippen molar-refractivity contribution in [1.82, 2.24) is 9.80 Å². The van der Waals surface area contributed by atoms with E-state index in [-0.39, 0.29) is 11.8 Å². The van der Waals surface area contributed by atoms with E-state index in [0.29, 0.717) is 0 Å². The molecule has 0 radical (unpaired) electrons. The number of benzene rings is 2. The summed E-state index contributed by atoms with van der Waals surface area (Å²) in [6.07, 6.45) is 22.5. The van der Waals surface area contributed by atoms with Crippen LogP contribution in [0.3, 0.4) is 0 Å². The molecule has 2 heterocycles. The lowest BCUT2D eigenvalue weighted by atomic mass is 10.1. The summed E-state index contributed by atoms with van der Waals surface area (Å²) in [5, 5.41) is 0. The Hall–Kier alpha value is -3.54. The van der Waals surface area contributed by atoms with Crippen molar-refractivity contribution in [3.63, 3.8) is 0 Å². The number of unbranched alkanes of at least 4 members (excludes halogenated alkanes) is 10. The standard InChI is InChI=1S/2C20H30N2O/c2*1-2-3-4-5-6-7-11-14-20(23)22-17-15-21(16-18-22)19-12-9-8-10-13-19/h2*8-14H,2-7,15-18H2,1H3/b2*14-11+. The Morgan fingerprint density at radius 1 is 0.500 bits per heavy atom. The lowest BCUT2D eigenvalue weighted by molar-refractivity contribution is -0.127. The quantitative estimate of drug-likeness (QED) is 0.138. The Balaban J connectivity index is 0.000000250. The number of rotatable bonds is 16. The van der Waals surface area contributed by atoms with Gasteiger partial charge in [-0.15, -0.1) is 0 Å². The lowest BCUT2D eigenvalue weighted by Gasteiger charge is -2.35. The van der Waals surface area contributed by atoms with Crippen LogP contribution >= 0.6 is 0 Å². The van der Waals surface area contributed by atoms with Gasteiger partial charge in [0.25, 0.3) is 0 Å². The number of hydrogen-bond donors (Lipinski definition) is 0. The van der Waals surface area contributed by atoms with E-state index in [1.165, 1.54) is 75.6 Å². The molecule has 0 N–H and O–H groups in total. The van der Waals surface area contributed by atoms with Crippen molar-refractivity contribution in [2.75, 3.05) is 62.2 Å². The SMILES string of the molecule is CCCCCCC/C=C/C(=O)N1CCN(c2ccccc2)CC1.CCCCCCC/C=C/C(=O)N1CCN(c2ccccc2)CC1. The highest BCUT2D eigenvalue weighted by Crippen LogP contribution is 2.17. The number of hydrogen-bond acceptors (Lipinski definition) is 4. The van der Waals surface area contributed by atoms with Gasteiger partial charge in [-0.25, -0.2) is 0 Å². The maximum Gasteiger partial charge on any atom is 0.246 e. The largest absolute Gasteiger partial charge is 0.368 e. The Morgan fingerprint density at radius 3 is 1.20 bits per heavy atom. The average Bonchev–Trinajstić information content (AvgIpc) is 3.12. The van der Waals surface area contributed by atoms with Crippen LogP contribution in [0.15, 0.2) is 85.0 Å². The summed E-state index contributed by atoms with van der Waals surface area (Å²) >= 11 is 0. The fraction of sp³-hybridized carbons (Fsp3) is 0.550. The normalized spacial score (nSPS) is 15.3. The fourth-order valence-corrected chi connectivity index (χ4v) is 5.96. The molecule has 2 aromatic carbocycles. The Kier molecular flexibility index (Phi) is 18.4. The van der Waals surface area contributed by atoms with Crippen LogP contribution in [0.25, 0.3) is 0 Å². The average molecular weight is 629 g/mol. The van der Waals surface area contributed by atoms with Crippen molar-refractivity contribution < 1.29 is 9.59 Å². The molecule has 2 saturated heterocycles. The maximum atomic E-state index is 12.2. The highest BCUT2D eigenvalue weighted by molar-refractivity contribution is 5.88. The minimum atomic E-state index is 0.172. The monoisotopic (exact) mass is 628 g/mol. The second-order valence-corrected chi connectivity index (χ2v) is 12.5. The van der Waals surface area contributed by atoms with E-state index in [9.17, 15) is 9.59 Å². The van der Waals surface area contributed by atoms with Crippen molar-refractivity contribution in [3.05, 3.63) is 85.0 Å². The van der Waals surface area contributed by atoms with Gasteiger partial charge in [-0.1, -0.05) is 114 Å². The minimum Gasteiger partial charge on any atom is -0.368 e. The number of nitrogens with zero attached hydrogens (tertiary/aromatic N) is 4. The first-order valence-corrected chi connectivity index (χ1v) is 18.1. The predicted molar refractivity (Wildman–Crippen MR) is 196 cm³/mol. The molecule has 0 spiro atoms. The van der Waals surface area contributed by atoms with Crippen molar-refractivity contribution in [2.45, 2.75) is 90.9 Å². The van der Waals surface area contributed by atoms with E-state index in [1.54, 1.807) is 12.2 Å². The predicted octanol–water partition coefficient (Wildman–Crippen LogP) is 8.50. The number of carbonyl (C=O) groups excluding carboxylic acids is 2. The summed E-state index contributed by atoms with van der Waals surface area (Å²) < 4.78 is 0. The highest BCUT2D eigenvalue weighted by atomic mass is 16.2. The van der Waals surface area contributed by atoms with Crippen molar-refractivity contribution >= 4 is 23.2 Å². The Bertz CT molecular complexity index is 1040. The zero-order chi connectivity index (χ0) is 32.7. The minimum absolute atomic E-state index is 0.172. The maximum absolute atomic E-state index is 12.2. The molecule has 0 saturated carbocycles. The number of amides is 2. The smallest absolute Gasteiger partial charge is 0.246 e. The molecule has 0 atom stereocenters. The molecule has 46 heavy (non-hydrogen) atoms. The second kappa shape index (κ2) is 22.9. The molecule has 2 amide bonds. The highest BCUT2D eigenvalue weighted by Gasteiger charge is 2.20. The van der Waals surface area contributed by atoms with Gasteiger partial charge >= 0.3 is 0 Å². The molecular formula is C40H60N4O2. The summed E-state index contributed by atoms with van der Waals surface area (Å²) in [6.45, 7) is 11.4. The van der Waals surface area contributed by atoms with Crippen LogP contribution in [-0.4, -0.2) is 74.0 Å². The molecule has 2 fully saturated rings. The molecule has 0 bridgehead atoms. The van der Waals surface area contributed by atoms with E-state index < -0.39 is 0 Å². The molecule has 0 aromatic heterocycles. The second-order valence-electron chi connectivity index (χ2n) is 12.5. The zero-order valence-electron chi connectivity index (χ0n) is 28.8. The number of anilines is 2. The number of carbonyl (C=O) groups is 2. The molecule has 0 unspecified atom stereocenters. The zero-order valence-corrected chi connectivity index (χ0v) is 28.8. The van der Waals surface area contributed by atoms with E-state index in [2.05, 4.69) is 84.3 Å². The van der Waals surface area contributed by atoms with E-state index in [1.807, 2.05) is 21.9 Å². The Morgan fingerprint density at radius 2 is 0.848 bits per heavy atom. The van der Waals surface area contributed by atoms with E-state index in [4.69, 9.17) is 0 Å². The molecule has 252 valence electrons. The van der Waals surface area contributed by atoms with Gasteiger partial charge in [0, 0.05) is 63.7 Å².